The summed E-state index contributed by atoms with van der Waals surface area (Å²) in [6.07, 6.45) is 0. The van der Waals surface area contributed by atoms with Crippen LogP contribution in [-0.4, -0.2) is 9.13 Å². The molecule has 2 N–H and O–H groups in total. The van der Waals surface area contributed by atoms with Crippen molar-refractivity contribution < 1.29 is 0 Å². The second kappa shape index (κ2) is 5.01. The minimum Gasteiger partial charge on any atom is -0.320 e. The van der Waals surface area contributed by atoms with Crippen LogP contribution in [0.2, 0.25) is 0 Å². The molecule has 3 aromatic rings. The molecule has 20 heavy (non-hydrogen) atoms. The third-order valence-corrected chi connectivity index (χ3v) is 5.41. The summed E-state index contributed by atoms with van der Waals surface area (Å²) in [6, 6.07) is 7.91. The quantitative estimate of drug-likeness (QED) is 0.674. The van der Waals surface area contributed by atoms with Gasteiger partial charge in [0.25, 0.3) is 0 Å². The normalized spacial score (nSPS) is 13.0. The fraction of sp³-hybridized carbons (Fsp3) is 0.214. The number of fused-ring (bicyclic) bond motifs is 1. The Labute approximate surface area is 134 Å². The highest BCUT2D eigenvalue weighted by atomic mass is 127. The molecule has 0 saturated carbocycles. The Morgan fingerprint density at radius 3 is 2.50 bits per heavy atom. The number of rotatable bonds is 2. The third-order valence-electron chi connectivity index (χ3n) is 3.60. The van der Waals surface area contributed by atoms with Crippen LogP contribution in [0.3, 0.4) is 0 Å². The van der Waals surface area contributed by atoms with Gasteiger partial charge in [-0.05, 0) is 57.3 Å². The third kappa shape index (κ3) is 2.11. The maximum atomic E-state index is 11.9. The second-order valence-electron chi connectivity index (χ2n) is 4.81. The molecule has 2 aromatic heterocycles. The van der Waals surface area contributed by atoms with Crippen molar-refractivity contribution in [1.29, 1.82) is 0 Å². The molecule has 0 spiro atoms. The van der Waals surface area contributed by atoms with Crippen molar-refractivity contribution in [2.24, 2.45) is 19.8 Å². The van der Waals surface area contributed by atoms with Crippen LogP contribution in [0.15, 0.2) is 34.4 Å². The first-order valence-corrected chi connectivity index (χ1v) is 8.09. The van der Waals surface area contributed by atoms with Gasteiger partial charge in [-0.25, -0.2) is 4.79 Å². The number of nitrogens with zero attached hydrogens (tertiary/aromatic N) is 2. The summed E-state index contributed by atoms with van der Waals surface area (Å²) in [4.78, 5) is 11.9. The smallest absolute Gasteiger partial charge is 0.320 e. The monoisotopic (exact) mass is 399 g/mol. The van der Waals surface area contributed by atoms with Gasteiger partial charge in [0.15, 0.2) is 0 Å². The lowest BCUT2D eigenvalue weighted by atomic mass is 10.0. The van der Waals surface area contributed by atoms with Gasteiger partial charge in [0.2, 0.25) is 0 Å². The highest BCUT2D eigenvalue weighted by Crippen LogP contribution is 2.27. The minimum atomic E-state index is -0.158. The summed E-state index contributed by atoms with van der Waals surface area (Å²) >= 11 is 3.98. The number of nitrogens with two attached hydrogens (primary N) is 1. The standard InChI is InChI=1S/C14H14IN3OS/c1-17-10-4-3-8(5-11(10)18(2)14(17)19)13(16)9-6-12(15)20-7-9/h3-7,13H,16H2,1-2H3. The van der Waals surface area contributed by atoms with Crippen LogP contribution in [0.1, 0.15) is 17.2 Å². The molecule has 1 aromatic carbocycles. The zero-order chi connectivity index (χ0) is 14.4. The molecule has 6 heteroatoms. The molecule has 0 amide bonds. The Hall–Kier alpha value is -1.12. The number of hydrogen-bond donors (Lipinski definition) is 1. The van der Waals surface area contributed by atoms with Crippen molar-refractivity contribution in [3.05, 3.63) is 54.1 Å². The molecule has 0 aliphatic rings. The molecule has 0 radical (unpaired) electrons. The fourth-order valence-electron chi connectivity index (χ4n) is 2.40. The Bertz CT molecular complexity index is 846. The summed E-state index contributed by atoms with van der Waals surface area (Å²) in [6.45, 7) is 0. The second-order valence-corrected chi connectivity index (χ2v) is 7.62. The van der Waals surface area contributed by atoms with E-state index in [1.807, 2.05) is 18.2 Å². The molecule has 0 bridgehead atoms. The van der Waals surface area contributed by atoms with E-state index in [4.69, 9.17) is 5.73 Å². The minimum absolute atomic E-state index is 0.0178. The van der Waals surface area contributed by atoms with Gasteiger partial charge in [-0.3, -0.25) is 9.13 Å². The zero-order valence-electron chi connectivity index (χ0n) is 11.1. The number of aromatic nitrogens is 2. The Balaban J connectivity index is 2.14. The van der Waals surface area contributed by atoms with E-state index in [-0.39, 0.29) is 11.7 Å². The van der Waals surface area contributed by atoms with E-state index in [0.29, 0.717) is 0 Å². The van der Waals surface area contributed by atoms with E-state index in [2.05, 4.69) is 34.0 Å². The van der Waals surface area contributed by atoms with Gasteiger partial charge >= 0.3 is 5.69 Å². The summed E-state index contributed by atoms with van der Waals surface area (Å²) < 4.78 is 4.53. The molecule has 0 fully saturated rings. The van der Waals surface area contributed by atoms with Gasteiger partial charge in [0, 0.05) is 14.1 Å². The topological polar surface area (TPSA) is 53.0 Å². The van der Waals surface area contributed by atoms with E-state index < -0.39 is 0 Å². The largest absolute Gasteiger partial charge is 0.328 e. The lowest BCUT2D eigenvalue weighted by molar-refractivity contribution is 0.795. The van der Waals surface area contributed by atoms with Crippen LogP contribution < -0.4 is 11.4 Å². The molecule has 0 aliphatic heterocycles. The van der Waals surface area contributed by atoms with Crippen LogP contribution in [0.25, 0.3) is 11.0 Å². The van der Waals surface area contributed by atoms with Gasteiger partial charge in [-0.1, -0.05) is 6.07 Å². The summed E-state index contributed by atoms with van der Waals surface area (Å²) in [5.74, 6) is 0. The number of benzene rings is 1. The Morgan fingerprint density at radius 2 is 1.85 bits per heavy atom. The van der Waals surface area contributed by atoms with Crippen molar-refractivity contribution in [1.82, 2.24) is 9.13 Å². The average molecular weight is 399 g/mol. The number of hydrogen-bond acceptors (Lipinski definition) is 3. The van der Waals surface area contributed by atoms with Crippen molar-refractivity contribution >= 4 is 45.0 Å². The molecule has 0 aliphatic carbocycles. The van der Waals surface area contributed by atoms with Crippen molar-refractivity contribution in [3.8, 4) is 0 Å². The van der Waals surface area contributed by atoms with Crippen LogP contribution >= 0.6 is 33.9 Å². The molecular weight excluding hydrogens is 385 g/mol. The first-order chi connectivity index (χ1) is 9.49. The van der Waals surface area contributed by atoms with Gasteiger partial charge in [0.1, 0.15) is 0 Å². The summed E-state index contributed by atoms with van der Waals surface area (Å²) in [7, 11) is 3.57. The maximum Gasteiger partial charge on any atom is 0.328 e. The number of halogens is 1. The first kappa shape index (κ1) is 13.8. The van der Waals surface area contributed by atoms with E-state index in [1.165, 1.54) is 2.88 Å². The lowest BCUT2D eigenvalue weighted by Gasteiger charge is -2.11. The summed E-state index contributed by atoms with van der Waals surface area (Å²) in [5.41, 5.74) is 10.3. The molecule has 3 rings (SSSR count). The van der Waals surface area contributed by atoms with Crippen LogP contribution in [-0.2, 0) is 14.1 Å². The van der Waals surface area contributed by atoms with Gasteiger partial charge in [-0.15, -0.1) is 11.3 Å². The molecule has 4 nitrogen and oxygen atoms in total. The van der Waals surface area contributed by atoms with Crippen molar-refractivity contribution in [2.45, 2.75) is 6.04 Å². The van der Waals surface area contributed by atoms with E-state index in [0.717, 1.165) is 22.2 Å². The van der Waals surface area contributed by atoms with Gasteiger partial charge in [-0.2, -0.15) is 0 Å². The van der Waals surface area contributed by atoms with Crippen LogP contribution in [0.4, 0.5) is 0 Å². The number of imidazole rings is 1. The van der Waals surface area contributed by atoms with E-state index >= 15 is 0 Å². The average Bonchev–Trinajstić information content (AvgIpc) is 2.97. The Morgan fingerprint density at radius 1 is 1.15 bits per heavy atom. The number of aryl methyl sites for hydroxylation is 2. The summed E-state index contributed by atoms with van der Waals surface area (Å²) in [5, 5.41) is 2.08. The highest BCUT2D eigenvalue weighted by molar-refractivity contribution is 14.1. The first-order valence-electron chi connectivity index (χ1n) is 6.14. The molecular formula is C14H14IN3OS. The molecule has 104 valence electrons. The molecule has 1 unspecified atom stereocenters. The van der Waals surface area contributed by atoms with Crippen molar-refractivity contribution in [3.63, 3.8) is 0 Å². The van der Waals surface area contributed by atoms with Crippen LogP contribution in [0.5, 0.6) is 0 Å². The predicted octanol–water partition coefficient (Wildman–Crippen LogP) is 2.59. The van der Waals surface area contributed by atoms with Gasteiger partial charge in [0.05, 0.1) is 20.0 Å². The van der Waals surface area contributed by atoms with Crippen LogP contribution in [0, 0.1) is 2.88 Å². The SMILES string of the molecule is Cn1c(=O)n(C)c2cc(C(N)c3csc(I)c3)ccc21. The van der Waals surface area contributed by atoms with Gasteiger partial charge < -0.3 is 5.73 Å². The Kier molecular flexibility index (Phi) is 3.47. The fourth-order valence-corrected chi connectivity index (χ4v) is 3.80. The maximum absolute atomic E-state index is 11.9. The molecule has 2 heterocycles. The predicted molar refractivity (Wildman–Crippen MR) is 91.2 cm³/mol. The lowest BCUT2D eigenvalue weighted by Crippen LogP contribution is -2.19. The van der Waals surface area contributed by atoms with E-state index in [1.54, 1.807) is 34.6 Å². The highest BCUT2D eigenvalue weighted by Gasteiger charge is 2.14. The van der Waals surface area contributed by atoms with Crippen molar-refractivity contribution in [2.75, 3.05) is 0 Å². The molecule has 1 atom stereocenters. The van der Waals surface area contributed by atoms with E-state index in [9.17, 15) is 4.79 Å². The zero-order valence-corrected chi connectivity index (χ0v) is 14.1. The number of thiophene rings is 1. The molecule has 0 saturated heterocycles.